The Bertz CT molecular complexity index is 973. The molecule has 0 saturated carbocycles. The van der Waals surface area contributed by atoms with E-state index >= 15 is 0 Å². The maximum atomic E-state index is 13.7. The predicted octanol–water partition coefficient (Wildman–Crippen LogP) is 3.11. The first kappa shape index (κ1) is 17.9. The van der Waals surface area contributed by atoms with Crippen LogP contribution in [0.1, 0.15) is 26.0 Å². The van der Waals surface area contributed by atoms with Crippen LogP contribution in [0.4, 0.5) is 14.7 Å². The minimum Gasteiger partial charge on any atom is -0.390 e. The molecule has 2 N–H and O–H groups in total. The van der Waals surface area contributed by atoms with E-state index in [0.717, 1.165) is 18.2 Å². The van der Waals surface area contributed by atoms with Gasteiger partial charge in [0.25, 0.3) is 0 Å². The number of hydrogen-bond donors (Lipinski definition) is 2. The molecule has 0 aliphatic heterocycles. The Hall–Kier alpha value is -2.87. The molecular formula is C18H18F2N4O2. The number of amides is 1. The van der Waals surface area contributed by atoms with Gasteiger partial charge in [0.15, 0.2) is 5.65 Å². The van der Waals surface area contributed by atoms with Crippen molar-refractivity contribution in [2.45, 2.75) is 32.8 Å². The van der Waals surface area contributed by atoms with Crippen LogP contribution in [-0.4, -0.2) is 31.1 Å². The lowest BCUT2D eigenvalue weighted by molar-refractivity contribution is -0.119. The Labute approximate surface area is 148 Å². The fraction of sp³-hybridized carbons (Fsp3) is 0.278. The van der Waals surface area contributed by atoms with Crippen LogP contribution in [0, 0.1) is 18.6 Å². The third-order valence-corrected chi connectivity index (χ3v) is 3.59. The normalized spacial score (nSPS) is 11.8. The molecule has 3 aromatic rings. The number of carbonyl (C=O) groups is 1. The van der Waals surface area contributed by atoms with Crippen LogP contribution in [0.25, 0.3) is 16.9 Å². The molecule has 8 heteroatoms. The van der Waals surface area contributed by atoms with Gasteiger partial charge < -0.3 is 5.11 Å². The summed E-state index contributed by atoms with van der Waals surface area (Å²) in [5, 5.41) is 12.4. The van der Waals surface area contributed by atoms with Gasteiger partial charge in [-0.1, -0.05) is 0 Å². The molecule has 2 heterocycles. The van der Waals surface area contributed by atoms with Crippen molar-refractivity contribution < 1.29 is 18.7 Å². The summed E-state index contributed by atoms with van der Waals surface area (Å²) in [6, 6.07) is 6.46. The highest BCUT2D eigenvalue weighted by molar-refractivity contribution is 5.92. The molecule has 0 saturated heterocycles. The van der Waals surface area contributed by atoms with Gasteiger partial charge in [-0.2, -0.15) is 0 Å². The van der Waals surface area contributed by atoms with E-state index in [-0.39, 0.29) is 18.1 Å². The molecule has 0 radical (unpaired) electrons. The van der Waals surface area contributed by atoms with Gasteiger partial charge in [0.1, 0.15) is 17.2 Å². The quantitative estimate of drug-likeness (QED) is 0.749. The number of aryl methyl sites for hydroxylation is 1. The number of halogens is 2. The van der Waals surface area contributed by atoms with Crippen LogP contribution in [0.3, 0.4) is 0 Å². The highest BCUT2D eigenvalue weighted by atomic mass is 19.1. The highest BCUT2D eigenvalue weighted by Crippen LogP contribution is 2.25. The van der Waals surface area contributed by atoms with Crippen LogP contribution in [0.5, 0.6) is 0 Å². The maximum absolute atomic E-state index is 13.7. The Kier molecular flexibility index (Phi) is 4.45. The second kappa shape index (κ2) is 6.45. The molecule has 1 aromatic carbocycles. The average molecular weight is 360 g/mol. The van der Waals surface area contributed by atoms with Crippen molar-refractivity contribution in [1.82, 2.24) is 14.5 Å². The van der Waals surface area contributed by atoms with Crippen LogP contribution in [0.15, 0.2) is 30.3 Å². The third-order valence-electron chi connectivity index (χ3n) is 3.59. The molecule has 1 amide bonds. The van der Waals surface area contributed by atoms with Gasteiger partial charge in [-0.25, -0.2) is 18.7 Å². The molecule has 0 aliphatic rings. The number of aromatic nitrogens is 3. The van der Waals surface area contributed by atoms with E-state index in [2.05, 4.69) is 15.3 Å². The number of imidazole rings is 1. The number of pyridine rings is 1. The van der Waals surface area contributed by atoms with Crippen LogP contribution < -0.4 is 5.32 Å². The van der Waals surface area contributed by atoms with E-state index in [1.54, 1.807) is 19.1 Å². The Morgan fingerprint density at radius 3 is 2.46 bits per heavy atom. The molecule has 26 heavy (non-hydrogen) atoms. The lowest BCUT2D eigenvalue weighted by Gasteiger charge is -2.16. The zero-order chi connectivity index (χ0) is 19.1. The van der Waals surface area contributed by atoms with E-state index in [1.807, 2.05) is 0 Å². The summed E-state index contributed by atoms with van der Waals surface area (Å²) in [5.74, 6) is -1.94. The van der Waals surface area contributed by atoms with Crippen molar-refractivity contribution in [3.05, 3.63) is 47.7 Å². The summed E-state index contributed by atoms with van der Waals surface area (Å²) < 4.78 is 28.8. The summed E-state index contributed by atoms with van der Waals surface area (Å²) in [6.07, 6.45) is -0.166. The van der Waals surface area contributed by atoms with Gasteiger partial charge in [0.2, 0.25) is 11.9 Å². The van der Waals surface area contributed by atoms with Gasteiger partial charge >= 0.3 is 0 Å². The second-order valence-corrected chi connectivity index (χ2v) is 6.73. The summed E-state index contributed by atoms with van der Waals surface area (Å²) in [7, 11) is 0. The zero-order valence-electron chi connectivity index (χ0n) is 14.5. The number of nitrogens with one attached hydrogen (secondary N) is 1. The predicted molar refractivity (Wildman–Crippen MR) is 93.1 cm³/mol. The summed E-state index contributed by atoms with van der Waals surface area (Å²) >= 11 is 0. The number of benzene rings is 1. The number of hydrogen-bond acceptors (Lipinski definition) is 4. The molecule has 0 bridgehead atoms. The van der Waals surface area contributed by atoms with Crippen molar-refractivity contribution in [3.63, 3.8) is 0 Å². The number of carbonyl (C=O) groups excluding carboxylic acids is 1. The van der Waals surface area contributed by atoms with E-state index in [1.165, 1.54) is 18.4 Å². The zero-order valence-corrected chi connectivity index (χ0v) is 14.5. The highest BCUT2D eigenvalue weighted by Gasteiger charge is 2.22. The molecular weight excluding hydrogens is 342 g/mol. The molecule has 3 rings (SSSR count). The summed E-state index contributed by atoms with van der Waals surface area (Å²) in [5.41, 5.74) is 0.430. The van der Waals surface area contributed by atoms with Crippen LogP contribution >= 0.6 is 0 Å². The fourth-order valence-corrected chi connectivity index (χ4v) is 2.61. The SMILES string of the molecule is Cc1ccc2nc(NC(=O)CC(C)(C)O)n(-c3cc(F)cc(F)c3)c2n1. The van der Waals surface area contributed by atoms with E-state index < -0.39 is 23.1 Å². The maximum Gasteiger partial charge on any atom is 0.229 e. The minimum absolute atomic E-state index is 0.0670. The van der Waals surface area contributed by atoms with Crippen molar-refractivity contribution in [3.8, 4) is 5.69 Å². The molecule has 0 atom stereocenters. The van der Waals surface area contributed by atoms with Gasteiger partial charge in [-0.05, 0) is 45.0 Å². The van der Waals surface area contributed by atoms with Crippen molar-refractivity contribution in [2.75, 3.05) is 5.32 Å². The Morgan fingerprint density at radius 2 is 1.85 bits per heavy atom. The lowest BCUT2D eigenvalue weighted by Crippen LogP contribution is -2.28. The largest absolute Gasteiger partial charge is 0.390 e. The van der Waals surface area contributed by atoms with E-state index in [0.29, 0.717) is 16.9 Å². The molecule has 136 valence electrons. The number of aliphatic hydroxyl groups is 1. The standard InChI is InChI=1S/C18H18F2N4O2/c1-10-4-5-14-16(21-10)24(13-7-11(19)6-12(20)8-13)17(22-14)23-15(25)9-18(2,3)26/h4-8,26H,9H2,1-3H3,(H,22,23,25). The molecule has 0 spiro atoms. The van der Waals surface area contributed by atoms with E-state index in [4.69, 9.17) is 0 Å². The van der Waals surface area contributed by atoms with Gasteiger partial charge in [-0.15, -0.1) is 0 Å². The molecule has 6 nitrogen and oxygen atoms in total. The Balaban J connectivity index is 2.15. The molecule has 0 fully saturated rings. The van der Waals surface area contributed by atoms with Gasteiger partial charge in [-0.3, -0.25) is 14.7 Å². The Morgan fingerprint density at radius 1 is 1.19 bits per heavy atom. The number of nitrogens with zero attached hydrogens (tertiary/aromatic N) is 3. The van der Waals surface area contributed by atoms with Crippen molar-refractivity contribution >= 4 is 23.0 Å². The lowest BCUT2D eigenvalue weighted by atomic mass is 10.1. The summed E-state index contributed by atoms with van der Waals surface area (Å²) in [4.78, 5) is 20.9. The van der Waals surface area contributed by atoms with Gasteiger partial charge in [0.05, 0.1) is 17.7 Å². The minimum atomic E-state index is -1.21. The number of anilines is 1. The van der Waals surface area contributed by atoms with Crippen LogP contribution in [0.2, 0.25) is 0 Å². The number of rotatable bonds is 4. The number of fused-ring (bicyclic) bond motifs is 1. The first-order valence-corrected chi connectivity index (χ1v) is 7.97. The van der Waals surface area contributed by atoms with Crippen LogP contribution in [-0.2, 0) is 4.79 Å². The molecule has 2 aromatic heterocycles. The van der Waals surface area contributed by atoms with Gasteiger partial charge in [0, 0.05) is 11.8 Å². The second-order valence-electron chi connectivity index (χ2n) is 6.73. The summed E-state index contributed by atoms with van der Waals surface area (Å²) in [6.45, 7) is 4.78. The first-order chi connectivity index (χ1) is 12.1. The third kappa shape index (κ3) is 3.85. The smallest absolute Gasteiger partial charge is 0.229 e. The molecule has 0 aliphatic carbocycles. The van der Waals surface area contributed by atoms with E-state index in [9.17, 15) is 18.7 Å². The van der Waals surface area contributed by atoms with Crippen molar-refractivity contribution in [2.24, 2.45) is 0 Å². The monoisotopic (exact) mass is 360 g/mol. The fourth-order valence-electron chi connectivity index (χ4n) is 2.61. The topological polar surface area (TPSA) is 80.0 Å². The molecule has 0 unspecified atom stereocenters. The first-order valence-electron chi connectivity index (χ1n) is 7.97. The van der Waals surface area contributed by atoms with Crippen molar-refractivity contribution in [1.29, 1.82) is 0 Å². The average Bonchev–Trinajstić information content (AvgIpc) is 2.80.